The molecular weight excluding hydrogens is 440 g/mol. The molecule has 3 rings (SSSR count). The van der Waals surface area contributed by atoms with Crippen LogP contribution in [0, 0.1) is 13.8 Å². The minimum Gasteiger partial charge on any atom is -0.462 e. The monoisotopic (exact) mass is 466 g/mol. The Morgan fingerprint density at radius 1 is 0.939 bits per heavy atom. The molecule has 0 radical (unpaired) electrons. The van der Waals surface area contributed by atoms with Crippen LogP contribution in [0.15, 0.2) is 77.7 Å². The number of hydrogen-bond acceptors (Lipinski definition) is 5. The van der Waals surface area contributed by atoms with Gasteiger partial charge in [0.1, 0.15) is 6.54 Å². The maximum Gasteiger partial charge on any atom is 0.338 e. The number of rotatable bonds is 8. The molecule has 0 atom stereocenters. The molecule has 0 fully saturated rings. The van der Waals surface area contributed by atoms with Crippen LogP contribution in [0.2, 0.25) is 0 Å². The van der Waals surface area contributed by atoms with Crippen LogP contribution in [0.4, 0.5) is 11.4 Å². The van der Waals surface area contributed by atoms with Crippen LogP contribution in [0.25, 0.3) is 0 Å². The number of anilines is 2. The van der Waals surface area contributed by atoms with E-state index in [1.54, 1.807) is 68.4 Å². The molecule has 33 heavy (non-hydrogen) atoms. The highest BCUT2D eigenvalue weighted by Gasteiger charge is 2.27. The van der Waals surface area contributed by atoms with Crippen molar-refractivity contribution in [2.45, 2.75) is 25.7 Å². The van der Waals surface area contributed by atoms with Crippen molar-refractivity contribution in [3.63, 3.8) is 0 Å². The molecule has 0 spiro atoms. The zero-order chi connectivity index (χ0) is 24.0. The van der Waals surface area contributed by atoms with Gasteiger partial charge in [-0.25, -0.2) is 13.2 Å². The molecule has 0 aliphatic heterocycles. The first kappa shape index (κ1) is 24.0. The van der Waals surface area contributed by atoms with Gasteiger partial charge in [-0.2, -0.15) is 0 Å². The van der Waals surface area contributed by atoms with E-state index in [-0.39, 0.29) is 11.5 Å². The second-order valence-electron chi connectivity index (χ2n) is 7.46. The smallest absolute Gasteiger partial charge is 0.338 e. The third kappa shape index (κ3) is 5.78. The summed E-state index contributed by atoms with van der Waals surface area (Å²) in [4.78, 5) is 25.1. The number of carbonyl (C=O) groups is 2. The molecule has 0 aliphatic carbocycles. The molecular formula is C25H26N2O5S. The van der Waals surface area contributed by atoms with Gasteiger partial charge in [0, 0.05) is 5.69 Å². The van der Waals surface area contributed by atoms with E-state index in [1.807, 2.05) is 6.92 Å². The van der Waals surface area contributed by atoms with Crippen molar-refractivity contribution in [1.29, 1.82) is 0 Å². The summed E-state index contributed by atoms with van der Waals surface area (Å²) in [7, 11) is -4.00. The van der Waals surface area contributed by atoms with Gasteiger partial charge in [-0.05, 0) is 62.7 Å². The minimum atomic E-state index is -4.00. The first-order valence-corrected chi connectivity index (χ1v) is 11.9. The zero-order valence-corrected chi connectivity index (χ0v) is 19.6. The highest BCUT2D eigenvalue weighted by atomic mass is 32.2. The van der Waals surface area contributed by atoms with Crippen LogP contribution in [-0.4, -0.2) is 33.4 Å². The van der Waals surface area contributed by atoms with Crippen LogP contribution >= 0.6 is 0 Å². The first-order valence-electron chi connectivity index (χ1n) is 10.4. The average Bonchev–Trinajstić information content (AvgIpc) is 2.80. The standard InChI is InChI=1S/C25H26N2O5S/c1-4-32-25(29)20-13-12-19(3)23(16-20)26-24(28)17-27(21-14-10-18(2)11-15-21)33(30,31)22-8-6-5-7-9-22/h5-16H,4,17H2,1-3H3,(H,26,28). The summed E-state index contributed by atoms with van der Waals surface area (Å²) in [5.74, 6) is -1.04. The van der Waals surface area contributed by atoms with Crippen LogP contribution in [-0.2, 0) is 19.6 Å². The Kier molecular flexibility index (Phi) is 7.50. The quantitative estimate of drug-likeness (QED) is 0.499. The second-order valence-corrected chi connectivity index (χ2v) is 9.32. The largest absolute Gasteiger partial charge is 0.462 e. The van der Waals surface area contributed by atoms with E-state index < -0.39 is 28.4 Å². The Balaban J connectivity index is 1.91. The maximum atomic E-state index is 13.4. The lowest BCUT2D eigenvalue weighted by molar-refractivity contribution is -0.114. The predicted molar refractivity (Wildman–Crippen MR) is 128 cm³/mol. The van der Waals surface area contributed by atoms with E-state index in [0.29, 0.717) is 16.9 Å². The first-order chi connectivity index (χ1) is 15.7. The molecule has 0 heterocycles. The molecule has 1 N–H and O–H groups in total. The van der Waals surface area contributed by atoms with E-state index in [4.69, 9.17) is 4.74 Å². The molecule has 7 nitrogen and oxygen atoms in total. The molecule has 0 saturated heterocycles. The van der Waals surface area contributed by atoms with Gasteiger partial charge in [0.25, 0.3) is 10.0 Å². The highest BCUT2D eigenvalue weighted by Crippen LogP contribution is 2.25. The zero-order valence-electron chi connectivity index (χ0n) is 18.7. The second kappa shape index (κ2) is 10.3. The molecule has 1 amide bonds. The molecule has 3 aromatic carbocycles. The van der Waals surface area contributed by atoms with Crippen LogP contribution in [0.1, 0.15) is 28.4 Å². The van der Waals surface area contributed by atoms with E-state index in [0.717, 1.165) is 15.4 Å². The van der Waals surface area contributed by atoms with Crippen molar-refractivity contribution in [2.24, 2.45) is 0 Å². The Labute approximate surface area is 194 Å². The van der Waals surface area contributed by atoms with E-state index in [9.17, 15) is 18.0 Å². The fourth-order valence-electron chi connectivity index (χ4n) is 3.16. The van der Waals surface area contributed by atoms with Crippen molar-refractivity contribution < 1.29 is 22.7 Å². The van der Waals surface area contributed by atoms with Gasteiger partial charge in [-0.15, -0.1) is 0 Å². The number of esters is 1. The van der Waals surface area contributed by atoms with Crippen molar-refractivity contribution in [1.82, 2.24) is 0 Å². The summed E-state index contributed by atoms with van der Waals surface area (Å²) in [5.41, 5.74) is 2.77. The molecule has 0 aromatic heterocycles. The summed E-state index contributed by atoms with van der Waals surface area (Å²) in [5, 5.41) is 2.73. The normalized spacial score (nSPS) is 11.0. The third-order valence-electron chi connectivity index (χ3n) is 4.96. The molecule has 8 heteroatoms. The summed E-state index contributed by atoms with van der Waals surface area (Å²) < 4.78 is 32.8. The Morgan fingerprint density at radius 3 is 2.24 bits per heavy atom. The Hall–Kier alpha value is -3.65. The molecule has 0 saturated carbocycles. The number of sulfonamides is 1. The van der Waals surface area contributed by atoms with Gasteiger partial charge < -0.3 is 10.1 Å². The SMILES string of the molecule is CCOC(=O)c1ccc(C)c(NC(=O)CN(c2ccc(C)cc2)S(=O)(=O)c2ccccc2)c1. The van der Waals surface area contributed by atoms with Crippen LogP contribution in [0.3, 0.4) is 0 Å². The number of carbonyl (C=O) groups excluding carboxylic acids is 2. The highest BCUT2D eigenvalue weighted by molar-refractivity contribution is 7.92. The van der Waals surface area contributed by atoms with Gasteiger partial charge in [0.2, 0.25) is 5.91 Å². The number of hydrogen-bond donors (Lipinski definition) is 1. The molecule has 0 aliphatic rings. The Bertz CT molecular complexity index is 1240. The van der Waals surface area contributed by atoms with E-state index in [1.165, 1.54) is 18.2 Å². The van der Waals surface area contributed by atoms with Crippen LogP contribution < -0.4 is 9.62 Å². The molecule has 3 aromatic rings. The average molecular weight is 467 g/mol. The third-order valence-corrected chi connectivity index (χ3v) is 6.75. The summed E-state index contributed by atoms with van der Waals surface area (Å²) in [6.07, 6.45) is 0. The Morgan fingerprint density at radius 2 is 1.61 bits per heavy atom. The molecule has 0 unspecified atom stereocenters. The van der Waals surface area contributed by atoms with E-state index in [2.05, 4.69) is 5.32 Å². The van der Waals surface area contributed by atoms with Crippen LogP contribution in [0.5, 0.6) is 0 Å². The molecule has 0 bridgehead atoms. The number of nitrogens with one attached hydrogen (secondary N) is 1. The van der Waals surface area contributed by atoms with Gasteiger partial charge >= 0.3 is 5.97 Å². The lowest BCUT2D eigenvalue weighted by Crippen LogP contribution is -2.38. The summed E-state index contributed by atoms with van der Waals surface area (Å²) in [6.45, 7) is 5.18. The fourth-order valence-corrected chi connectivity index (χ4v) is 4.61. The van der Waals surface area contributed by atoms with Gasteiger partial charge in [-0.3, -0.25) is 9.10 Å². The lowest BCUT2D eigenvalue weighted by Gasteiger charge is -2.24. The lowest BCUT2D eigenvalue weighted by atomic mass is 10.1. The van der Waals surface area contributed by atoms with Crippen molar-refractivity contribution in [2.75, 3.05) is 22.8 Å². The number of ether oxygens (including phenoxy) is 1. The maximum absolute atomic E-state index is 13.4. The van der Waals surface area contributed by atoms with Gasteiger partial charge in [-0.1, -0.05) is 42.0 Å². The summed E-state index contributed by atoms with van der Waals surface area (Å²) in [6, 6.07) is 19.7. The number of benzene rings is 3. The number of aryl methyl sites for hydroxylation is 2. The fraction of sp³-hybridized carbons (Fsp3) is 0.200. The van der Waals surface area contributed by atoms with Gasteiger partial charge in [0.15, 0.2) is 0 Å². The van der Waals surface area contributed by atoms with Gasteiger partial charge in [0.05, 0.1) is 22.8 Å². The van der Waals surface area contributed by atoms with Crippen molar-refractivity contribution in [3.05, 3.63) is 89.5 Å². The number of amides is 1. The minimum absolute atomic E-state index is 0.0823. The topological polar surface area (TPSA) is 92.8 Å². The molecule has 172 valence electrons. The van der Waals surface area contributed by atoms with E-state index >= 15 is 0 Å². The summed E-state index contributed by atoms with van der Waals surface area (Å²) >= 11 is 0. The number of nitrogens with zero attached hydrogens (tertiary/aromatic N) is 1. The van der Waals surface area contributed by atoms with Crippen molar-refractivity contribution in [3.8, 4) is 0 Å². The predicted octanol–water partition coefficient (Wildman–Crippen LogP) is 4.31. The van der Waals surface area contributed by atoms with Crippen molar-refractivity contribution >= 4 is 33.3 Å².